The quantitative estimate of drug-likeness (QED) is 0.397. The van der Waals surface area contributed by atoms with Crippen molar-refractivity contribution in [3.8, 4) is 0 Å². The van der Waals surface area contributed by atoms with Crippen molar-refractivity contribution >= 4 is 16.8 Å². The van der Waals surface area contributed by atoms with Crippen LogP contribution in [0.3, 0.4) is 0 Å². The van der Waals surface area contributed by atoms with E-state index in [0.717, 1.165) is 36.8 Å². The molecule has 1 aromatic carbocycles. The zero-order valence-electron chi connectivity index (χ0n) is 21.4. The lowest BCUT2D eigenvalue weighted by Gasteiger charge is -2.38. The van der Waals surface area contributed by atoms with Crippen LogP contribution in [0.1, 0.15) is 53.3 Å². The molecular formula is C27H31N7O4. The number of hydrogen-bond donors (Lipinski definition) is 1. The number of H-pyrrole nitrogens is 1. The van der Waals surface area contributed by atoms with Crippen LogP contribution < -0.4 is 5.56 Å². The molecule has 0 aliphatic carbocycles. The Kier molecular flexibility index (Phi) is 6.77. The fourth-order valence-electron chi connectivity index (χ4n) is 5.45. The van der Waals surface area contributed by atoms with Gasteiger partial charge in [-0.15, -0.1) is 5.10 Å². The smallest absolute Gasteiger partial charge is 0.289 e. The Balaban J connectivity index is 1.36. The van der Waals surface area contributed by atoms with E-state index in [4.69, 9.17) is 9.15 Å². The molecule has 1 N–H and O–H groups in total. The molecule has 0 spiro atoms. The number of rotatable bonds is 7. The van der Waals surface area contributed by atoms with E-state index in [1.807, 2.05) is 18.2 Å². The number of aryl methyl sites for hydroxylation is 1. The molecule has 2 atom stereocenters. The van der Waals surface area contributed by atoms with Crippen LogP contribution in [0.4, 0.5) is 0 Å². The molecule has 2 aliphatic heterocycles. The molecule has 5 heterocycles. The number of carbonyl (C=O) groups is 1. The van der Waals surface area contributed by atoms with Gasteiger partial charge in [0.2, 0.25) is 0 Å². The molecule has 0 unspecified atom stereocenters. The maximum absolute atomic E-state index is 13.5. The number of amides is 1. The standard InChI is InChI=1S/C27H31N7O4/c1-2-18-7-8-22-19(15-18)16-21(26(35)28-22)24(25-29-30-31-34(25)17-20-5-3-13-37-20)32-9-11-33(12-10-32)27(36)23-6-4-14-38-23/h4,6-8,14-16,20,24H,2-3,5,9-13,17H2,1H3,(H,28,35)/t20-,24+/m0/s1. The van der Waals surface area contributed by atoms with E-state index in [9.17, 15) is 9.59 Å². The molecule has 2 aliphatic rings. The number of carbonyl (C=O) groups excluding carboxylic acids is 1. The number of nitrogens with zero attached hydrogens (tertiary/aromatic N) is 6. The molecule has 3 aromatic heterocycles. The topological polar surface area (TPSA) is 122 Å². The number of hydrogen-bond acceptors (Lipinski definition) is 8. The third-order valence-electron chi connectivity index (χ3n) is 7.54. The largest absolute Gasteiger partial charge is 0.459 e. The summed E-state index contributed by atoms with van der Waals surface area (Å²) in [7, 11) is 0. The minimum absolute atomic E-state index is 0.0441. The number of pyridine rings is 1. The SMILES string of the molecule is CCc1ccc2[nH]c(=O)c([C@H](c3nnnn3C[C@@H]3CCCO3)N3CCN(C(=O)c4ccco4)CC3)cc2c1. The van der Waals surface area contributed by atoms with Crippen molar-refractivity contribution in [2.24, 2.45) is 0 Å². The van der Waals surface area contributed by atoms with Gasteiger partial charge in [0, 0.05) is 43.9 Å². The molecule has 4 aromatic rings. The average molecular weight is 518 g/mol. The second kappa shape index (κ2) is 10.5. The van der Waals surface area contributed by atoms with Crippen molar-refractivity contribution in [1.29, 1.82) is 0 Å². The van der Waals surface area contributed by atoms with Crippen molar-refractivity contribution in [1.82, 2.24) is 35.0 Å². The van der Waals surface area contributed by atoms with Gasteiger partial charge in [-0.25, -0.2) is 4.68 Å². The first kappa shape index (κ1) is 24.5. The van der Waals surface area contributed by atoms with Gasteiger partial charge in [0.15, 0.2) is 11.6 Å². The number of furan rings is 1. The van der Waals surface area contributed by atoms with Crippen LogP contribution in [-0.2, 0) is 17.7 Å². The van der Waals surface area contributed by atoms with Crippen LogP contribution in [0.2, 0.25) is 0 Å². The average Bonchev–Trinajstić information content (AvgIpc) is 3.74. The summed E-state index contributed by atoms with van der Waals surface area (Å²) in [6.45, 7) is 5.47. The van der Waals surface area contributed by atoms with Gasteiger partial charge in [0.05, 0.1) is 18.9 Å². The third kappa shape index (κ3) is 4.74. The van der Waals surface area contributed by atoms with Crippen LogP contribution in [-0.4, -0.2) is 79.8 Å². The Morgan fingerprint density at radius 3 is 2.79 bits per heavy atom. The fraction of sp³-hybridized carbons (Fsp3) is 0.444. The number of nitrogens with one attached hydrogen (secondary N) is 1. The zero-order chi connectivity index (χ0) is 26.1. The van der Waals surface area contributed by atoms with Crippen LogP contribution in [0, 0.1) is 0 Å². The predicted molar refractivity (Wildman–Crippen MR) is 139 cm³/mol. The normalized spacial score (nSPS) is 19.3. The summed E-state index contributed by atoms with van der Waals surface area (Å²) in [5.41, 5.74) is 2.40. The number of ether oxygens (including phenoxy) is 1. The van der Waals surface area contributed by atoms with Crippen molar-refractivity contribution in [2.75, 3.05) is 32.8 Å². The molecule has 0 radical (unpaired) electrons. The van der Waals surface area contributed by atoms with Gasteiger partial charge in [-0.2, -0.15) is 0 Å². The maximum atomic E-state index is 13.5. The van der Waals surface area contributed by atoms with Crippen LogP contribution >= 0.6 is 0 Å². The lowest BCUT2D eigenvalue weighted by atomic mass is 10.0. The van der Waals surface area contributed by atoms with E-state index >= 15 is 0 Å². The van der Waals surface area contributed by atoms with Crippen molar-refractivity contribution in [3.63, 3.8) is 0 Å². The third-order valence-corrected chi connectivity index (χ3v) is 7.54. The number of fused-ring (bicyclic) bond motifs is 1. The van der Waals surface area contributed by atoms with Gasteiger partial charge < -0.3 is 19.0 Å². The fourth-order valence-corrected chi connectivity index (χ4v) is 5.45. The minimum atomic E-state index is -0.481. The van der Waals surface area contributed by atoms with Gasteiger partial charge in [-0.05, 0) is 71.0 Å². The summed E-state index contributed by atoms with van der Waals surface area (Å²) in [5, 5.41) is 13.7. The van der Waals surface area contributed by atoms with Gasteiger partial charge in [-0.3, -0.25) is 14.5 Å². The van der Waals surface area contributed by atoms with E-state index in [0.29, 0.717) is 49.9 Å². The molecule has 2 saturated heterocycles. The second-order valence-electron chi connectivity index (χ2n) is 9.89. The van der Waals surface area contributed by atoms with Gasteiger partial charge in [-0.1, -0.05) is 13.0 Å². The minimum Gasteiger partial charge on any atom is -0.459 e. The Morgan fingerprint density at radius 1 is 1.18 bits per heavy atom. The van der Waals surface area contributed by atoms with Gasteiger partial charge >= 0.3 is 0 Å². The number of aromatic nitrogens is 5. The number of tetrazole rings is 1. The molecule has 198 valence electrons. The molecule has 11 nitrogen and oxygen atoms in total. The van der Waals surface area contributed by atoms with Crippen LogP contribution in [0.5, 0.6) is 0 Å². The summed E-state index contributed by atoms with van der Waals surface area (Å²) >= 11 is 0. The first-order valence-electron chi connectivity index (χ1n) is 13.2. The number of piperazine rings is 1. The van der Waals surface area contributed by atoms with Gasteiger partial charge in [0.1, 0.15) is 6.04 Å². The Bertz CT molecular complexity index is 1460. The van der Waals surface area contributed by atoms with Crippen molar-refractivity contribution < 1.29 is 13.9 Å². The van der Waals surface area contributed by atoms with E-state index in [2.05, 4.69) is 38.4 Å². The molecular weight excluding hydrogens is 486 g/mol. The molecule has 38 heavy (non-hydrogen) atoms. The van der Waals surface area contributed by atoms with Crippen molar-refractivity contribution in [3.05, 3.63) is 75.7 Å². The lowest BCUT2D eigenvalue weighted by Crippen LogP contribution is -2.50. The molecule has 6 rings (SSSR count). The lowest BCUT2D eigenvalue weighted by molar-refractivity contribution is 0.0550. The highest BCUT2D eigenvalue weighted by atomic mass is 16.5. The Morgan fingerprint density at radius 2 is 2.05 bits per heavy atom. The highest BCUT2D eigenvalue weighted by Gasteiger charge is 2.34. The van der Waals surface area contributed by atoms with Crippen molar-refractivity contribution in [2.45, 2.75) is 44.9 Å². The molecule has 0 bridgehead atoms. The Labute approximate surface area is 219 Å². The van der Waals surface area contributed by atoms with E-state index < -0.39 is 6.04 Å². The number of benzene rings is 1. The molecule has 0 saturated carbocycles. The first-order valence-corrected chi connectivity index (χ1v) is 13.2. The van der Waals surface area contributed by atoms with Crippen LogP contribution in [0.25, 0.3) is 10.9 Å². The summed E-state index contributed by atoms with van der Waals surface area (Å²) in [6, 6.07) is 11.0. The van der Waals surface area contributed by atoms with E-state index in [-0.39, 0.29) is 17.6 Å². The Hall–Kier alpha value is -3.83. The molecule has 2 fully saturated rings. The van der Waals surface area contributed by atoms with E-state index in [1.54, 1.807) is 21.7 Å². The maximum Gasteiger partial charge on any atom is 0.289 e. The summed E-state index contributed by atoms with van der Waals surface area (Å²) in [5.74, 6) is 0.793. The number of aromatic amines is 1. The summed E-state index contributed by atoms with van der Waals surface area (Å²) in [6.07, 6.45) is 4.42. The van der Waals surface area contributed by atoms with E-state index in [1.165, 1.54) is 11.8 Å². The molecule has 1 amide bonds. The summed E-state index contributed by atoms with van der Waals surface area (Å²) < 4.78 is 12.9. The second-order valence-corrected chi connectivity index (χ2v) is 9.89. The monoisotopic (exact) mass is 517 g/mol. The molecule has 11 heteroatoms. The van der Waals surface area contributed by atoms with Crippen LogP contribution in [0.15, 0.2) is 51.9 Å². The highest BCUT2D eigenvalue weighted by molar-refractivity contribution is 5.91. The summed E-state index contributed by atoms with van der Waals surface area (Å²) in [4.78, 5) is 33.4. The highest BCUT2D eigenvalue weighted by Crippen LogP contribution is 2.29. The zero-order valence-corrected chi connectivity index (χ0v) is 21.4. The first-order chi connectivity index (χ1) is 18.6. The predicted octanol–water partition coefficient (Wildman–Crippen LogP) is 2.40. The van der Waals surface area contributed by atoms with Gasteiger partial charge in [0.25, 0.3) is 11.5 Å².